The van der Waals surface area contributed by atoms with Crippen molar-refractivity contribution in [1.29, 1.82) is 0 Å². The number of hydrogen-bond donors (Lipinski definition) is 2. The van der Waals surface area contributed by atoms with Gasteiger partial charge >= 0.3 is 12.1 Å². The molecule has 8 heteroatoms. The number of nitrogens with zero attached hydrogens (tertiary/aromatic N) is 2. The van der Waals surface area contributed by atoms with E-state index < -0.39 is 18.6 Å². The number of anilines is 1. The fraction of sp³-hybridized carbons (Fsp3) is 0.545. The highest BCUT2D eigenvalue weighted by Gasteiger charge is 2.25. The standard InChI is InChI=1S/C11H14F3N3O2/c1-7-16-6-8(10(18)19)9(17-7)15-5-3-2-4-11(12,13)14/h6H,2-5H2,1H3,(H,18,19)(H,15,16,17). The second-order valence-corrected chi connectivity index (χ2v) is 3.98. The summed E-state index contributed by atoms with van der Waals surface area (Å²) >= 11 is 0. The van der Waals surface area contributed by atoms with E-state index in [9.17, 15) is 18.0 Å². The number of rotatable bonds is 6. The van der Waals surface area contributed by atoms with Crippen molar-refractivity contribution in [2.75, 3.05) is 11.9 Å². The van der Waals surface area contributed by atoms with E-state index in [-0.39, 0.29) is 30.8 Å². The lowest BCUT2D eigenvalue weighted by atomic mass is 10.2. The zero-order chi connectivity index (χ0) is 14.5. The molecule has 0 radical (unpaired) electrons. The fourth-order valence-corrected chi connectivity index (χ4v) is 1.42. The molecular weight excluding hydrogens is 263 g/mol. The summed E-state index contributed by atoms with van der Waals surface area (Å²) in [5, 5.41) is 11.6. The number of aryl methyl sites for hydroxylation is 1. The van der Waals surface area contributed by atoms with Crippen LogP contribution in [0.2, 0.25) is 0 Å². The third-order valence-corrected chi connectivity index (χ3v) is 2.32. The predicted octanol–water partition coefficient (Wildman–Crippen LogP) is 2.63. The first-order chi connectivity index (χ1) is 8.79. The van der Waals surface area contributed by atoms with Crippen LogP contribution in [0.3, 0.4) is 0 Å². The van der Waals surface area contributed by atoms with Crippen molar-refractivity contribution in [3.63, 3.8) is 0 Å². The van der Waals surface area contributed by atoms with E-state index in [1.165, 1.54) is 6.20 Å². The van der Waals surface area contributed by atoms with Gasteiger partial charge in [-0.25, -0.2) is 14.8 Å². The molecule has 0 fully saturated rings. The highest BCUT2D eigenvalue weighted by Crippen LogP contribution is 2.22. The molecule has 106 valence electrons. The highest BCUT2D eigenvalue weighted by molar-refractivity contribution is 5.92. The number of carbonyl (C=O) groups is 1. The zero-order valence-electron chi connectivity index (χ0n) is 10.3. The second-order valence-electron chi connectivity index (χ2n) is 3.98. The van der Waals surface area contributed by atoms with E-state index >= 15 is 0 Å². The summed E-state index contributed by atoms with van der Waals surface area (Å²) in [6.07, 6.45) is -3.56. The summed E-state index contributed by atoms with van der Waals surface area (Å²) in [6, 6.07) is 0. The minimum absolute atomic E-state index is 0.0109. The summed E-state index contributed by atoms with van der Waals surface area (Å²) < 4.78 is 35.7. The van der Waals surface area contributed by atoms with E-state index in [1.54, 1.807) is 6.92 Å². The lowest BCUT2D eigenvalue weighted by Gasteiger charge is -2.09. The summed E-state index contributed by atoms with van der Waals surface area (Å²) in [4.78, 5) is 18.6. The molecule has 0 atom stereocenters. The number of aromatic carboxylic acids is 1. The zero-order valence-corrected chi connectivity index (χ0v) is 10.3. The van der Waals surface area contributed by atoms with Crippen molar-refractivity contribution in [2.24, 2.45) is 0 Å². The Hall–Kier alpha value is -1.86. The molecule has 1 aromatic heterocycles. The lowest BCUT2D eigenvalue weighted by Crippen LogP contribution is -2.12. The van der Waals surface area contributed by atoms with Crippen LogP contribution in [-0.2, 0) is 0 Å². The molecule has 0 aliphatic heterocycles. The average molecular weight is 277 g/mol. The number of unbranched alkanes of at least 4 members (excludes halogenated alkanes) is 1. The summed E-state index contributed by atoms with van der Waals surface area (Å²) in [5.74, 6) is -0.660. The minimum atomic E-state index is -4.16. The molecule has 1 rings (SSSR count). The van der Waals surface area contributed by atoms with Gasteiger partial charge in [0.15, 0.2) is 0 Å². The minimum Gasteiger partial charge on any atom is -0.477 e. The van der Waals surface area contributed by atoms with Crippen LogP contribution in [0.5, 0.6) is 0 Å². The molecule has 0 aliphatic rings. The van der Waals surface area contributed by atoms with E-state index in [0.29, 0.717) is 5.82 Å². The Kier molecular flexibility index (Phi) is 5.08. The summed E-state index contributed by atoms with van der Waals surface area (Å²) in [5.41, 5.74) is -0.0959. The number of alkyl halides is 3. The first kappa shape index (κ1) is 15.2. The van der Waals surface area contributed by atoms with Crippen molar-refractivity contribution in [3.05, 3.63) is 17.6 Å². The largest absolute Gasteiger partial charge is 0.477 e. The Morgan fingerprint density at radius 3 is 2.68 bits per heavy atom. The maximum Gasteiger partial charge on any atom is 0.389 e. The molecule has 5 nitrogen and oxygen atoms in total. The van der Waals surface area contributed by atoms with Gasteiger partial charge in [0.2, 0.25) is 0 Å². The van der Waals surface area contributed by atoms with Crippen LogP contribution in [0.4, 0.5) is 19.0 Å². The van der Waals surface area contributed by atoms with Gasteiger partial charge in [-0.3, -0.25) is 0 Å². The molecule has 0 bridgehead atoms. The van der Waals surface area contributed by atoms with Crippen molar-refractivity contribution in [2.45, 2.75) is 32.4 Å². The van der Waals surface area contributed by atoms with E-state index in [0.717, 1.165) is 0 Å². The van der Waals surface area contributed by atoms with Crippen LogP contribution < -0.4 is 5.32 Å². The van der Waals surface area contributed by atoms with Crippen LogP contribution in [0.15, 0.2) is 6.20 Å². The Bertz CT molecular complexity index is 449. The van der Waals surface area contributed by atoms with Crippen LogP contribution in [0.1, 0.15) is 35.4 Å². The second kappa shape index (κ2) is 6.35. The lowest BCUT2D eigenvalue weighted by molar-refractivity contribution is -0.135. The fourth-order valence-electron chi connectivity index (χ4n) is 1.42. The summed E-state index contributed by atoms with van der Waals surface area (Å²) in [6.45, 7) is 1.83. The monoisotopic (exact) mass is 277 g/mol. The Morgan fingerprint density at radius 2 is 2.11 bits per heavy atom. The first-order valence-electron chi connectivity index (χ1n) is 5.67. The number of aromatic nitrogens is 2. The van der Waals surface area contributed by atoms with Crippen LogP contribution >= 0.6 is 0 Å². The quantitative estimate of drug-likeness (QED) is 0.782. The average Bonchev–Trinajstić information content (AvgIpc) is 2.26. The molecule has 2 N–H and O–H groups in total. The van der Waals surface area contributed by atoms with Gasteiger partial charge in [0.1, 0.15) is 17.2 Å². The van der Waals surface area contributed by atoms with Gasteiger partial charge < -0.3 is 10.4 Å². The third-order valence-electron chi connectivity index (χ3n) is 2.32. The maximum atomic E-state index is 11.9. The van der Waals surface area contributed by atoms with Gasteiger partial charge in [-0.2, -0.15) is 13.2 Å². The van der Waals surface area contributed by atoms with Crippen molar-refractivity contribution in [3.8, 4) is 0 Å². The molecule has 1 heterocycles. The molecule has 0 aromatic carbocycles. The van der Waals surface area contributed by atoms with E-state index in [1.807, 2.05) is 0 Å². The molecule has 0 saturated heterocycles. The molecule has 0 aliphatic carbocycles. The number of hydrogen-bond acceptors (Lipinski definition) is 4. The van der Waals surface area contributed by atoms with Crippen LogP contribution in [0.25, 0.3) is 0 Å². The Balaban J connectivity index is 2.49. The molecule has 0 saturated carbocycles. The SMILES string of the molecule is Cc1ncc(C(=O)O)c(NCCCCC(F)(F)F)n1. The van der Waals surface area contributed by atoms with Crippen molar-refractivity contribution in [1.82, 2.24) is 9.97 Å². The van der Waals surface area contributed by atoms with Gasteiger partial charge in [0.05, 0.1) is 0 Å². The molecule has 19 heavy (non-hydrogen) atoms. The van der Waals surface area contributed by atoms with Crippen LogP contribution in [0, 0.1) is 6.92 Å². The Morgan fingerprint density at radius 1 is 1.42 bits per heavy atom. The van der Waals surface area contributed by atoms with Crippen LogP contribution in [-0.4, -0.2) is 33.8 Å². The number of nitrogens with one attached hydrogen (secondary N) is 1. The van der Waals surface area contributed by atoms with Crippen molar-refractivity contribution < 1.29 is 23.1 Å². The predicted molar refractivity (Wildman–Crippen MR) is 62.1 cm³/mol. The molecule has 0 amide bonds. The molecule has 1 aromatic rings. The van der Waals surface area contributed by atoms with Crippen molar-refractivity contribution >= 4 is 11.8 Å². The molecular formula is C11H14F3N3O2. The normalized spacial score (nSPS) is 11.4. The van der Waals surface area contributed by atoms with Gasteiger partial charge in [0.25, 0.3) is 0 Å². The van der Waals surface area contributed by atoms with E-state index in [4.69, 9.17) is 5.11 Å². The third kappa shape index (κ3) is 5.54. The number of carboxylic acid groups (broad SMARTS) is 1. The summed E-state index contributed by atoms with van der Waals surface area (Å²) in [7, 11) is 0. The molecule has 0 spiro atoms. The number of halogens is 3. The van der Waals surface area contributed by atoms with Gasteiger partial charge in [0, 0.05) is 19.2 Å². The molecule has 0 unspecified atom stereocenters. The topological polar surface area (TPSA) is 75.1 Å². The van der Waals surface area contributed by atoms with Gasteiger partial charge in [-0.1, -0.05) is 0 Å². The van der Waals surface area contributed by atoms with Gasteiger partial charge in [-0.05, 0) is 19.8 Å². The first-order valence-corrected chi connectivity index (χ1v) is 5.67. The van der Waals surface area contributed by atoms with Gasteiger partial charge in [-0.15, -0.1) is 0 Å². The maximum absolute atomic E-state index is 11.9. The Labute approximate surface area is 107 Å². The highest BCUT2D eigenvalue weighted by atomic mass is 19.4. The number of carboxylic acids is 1. The smallest absolute Gasteiger partial charge is 0.389 e. The van der Waals surface area contributed by atoms with E-state index in [2.05, 4.69) is 15.3 Å².